The number of hydrogen-bond acceptors (Lipinski definition) is 5. The van der Waals surface area contributed by atoms with Crippen LogP contribution >= 0.6 is 0 Å². The highest BCUT2D eigenvalue weighted by Gasteiger charge is 2.16. The molecule has 0 radical (unpaired) electrons. The van der Waals surface area contributed by atoms with E-state index in [1.165, 1.54) is 0 Å². The largest absolute Gasteiger partial charge is 0.465 e. The minimum atomic E-state index is -3.61. The smallest absolute Gasteiger partial charge is 0.322 e. The maximum absolute atomic E-state index is 11.3. The van der Waals surface area contributed by atoms with Crippen molar-refractivity contribution >= 4 is 16.0 Å². The van der Waals surface area contributed by atoms with Gasteiger partial charge in [0, 0.05) is 6.54 Å². The van der Waals surface area contributed by atoms with Crippen LogP contribution in [-0.2, 0) is 19.6 Å². The Labute approximate surface area is 96.0 Å². The fourth-order valence-corrected chi connectivity index (χ4v) is 1.99. The standard InChI is InChI=1S/C9H19NO5S/c1-3-15-9(12)7-16(13,14)10-6-4-5-8(2)11/h8,10-11H,3-7H2,1-2H3. The first-order valence-corrected chi connectivity index (χ1v) is 6.83. The lowest BCUT2D eigenvalue weighted by Gasteiger charge is -2.07. The third kappa shape index (κ3) is 8.63. The van der Waals surface area contributed by atoms with E-state index >= 15 is 0 Å². The summed E-state index contributed by atoms with van der Waals surface area (Å²) in [6.45, 7) is 3.62. The maximum atomic E-state index is 11.3. The van der Waals surface area contributed by atoms with E-state index in [4.69, 9.17) is 5.11 Å². The van der Waals surface area contributed by atoms with Crippen LogP contribution in [0.25, 0.3) is 0 Å². The number of carbonyl (C=O) groups excluding carboxylic acids is 1. The molecular weight excluding hydrogens is 234 g/mol. The van der Waals surface area contributed by atoms with E-state index in [-0.39, 0.29) is 13.2 Å². The topological polar surface area (TPSA) is 92.7 Å². The molecule has 2 N–H and O–H groups in total. The first-order chi connectivity index (χ1) is 7.37. The lowest BCUT2D eigenvalue weighted by atomic mass is 10.2. The van der Waals surface area contributed by atoms with Crippen LogP contribution in [0.15, 0.2) is 0 Å². The quantitative estimate of drug-likeness (QED) is 0.455. The Hall–Kier alpha value is -0.660. The number of esters is 1. The van der Waals surface area contributed by atoms with Crippen molar-refractivity contribution in [2.24, 2.45) is 0 Å². The number of aliphatic hydroxyl groups excluding tert-OH is 1. The Morgan fingerprint density at radius 2 is 2.12 bits per heavy atom. The van der Waals surface area contributed by atoms with Gasteiger partial charge in [0.05, 0.1) is 12.7 Å². The van der Waals surface area contributed by atoms with Crippen molar-refractivity contribution < 1.29 is 23.1 Å². The number of carbonyl (C=O) groups is 1. The molecule has 0 saturated carbocycles. The summed E-state index contributed by atoms with van der Waals surface area (Å²) < 4.78 is 29.4. The van der Waals surface area contributed by atoms with Crippen LogP contribution in [0.5, 0.6) is 0 Å². The van der Waals surface area contributed by atoms with Crippen LogP contribution in [0.4, 0.5) is 0 Å². The summed E-state index contributed by atoms with van der Waals surface area (Å²) in [6.07, 6.45) is 0.594. The fraction of sp³-hybridized carbons (Fsp3) is 0.889. The highest BCUT2D eigenvalue weighted by atomic mass is 32.2. The lowest BCUT2D eigenvalue weighted by Crippen LogP contribution is -2.32. The zero-order valence-corrected chi connectivity index (χ0v) is 10.4. The average molecular weight is 253 g/mol. The Kier molecular flexibility index (Phi) is 7.27. The zero-order chi connectivity index (χ0) is 12.6. The van der Waals surface area contributed by atoms with Crippen molar-refractivity contribution in [3.8, 4) is 0 Å². The molecule has 0 fully saturated rings. The Morgan fingerprint density at radius 3 is 2.62 bits per heavy atom. The third-order valence-electron chi connectivity index (χ3n) is 1.73. The van der Waals surface area contributed by atoms with Crippen LogP contribution < -0.4 is 4.72 Å². The van der Waals surface area contributed by atoms with Gasteiger partial charge in [-0.05, 0) is 26.7 Å². The normalized spacial score (nSPS) is 13.4. The van der Waals surface area contributed by atoms with Gasteiger partial charge in [-0.1, -0.05) is 0 Å². The van der Waals surface area contributed by atoms with E-state index in [2.05, 4.69) is 9.46 Å². The first kappa shape index (κ1) is 15.3. The summed E-state index contributed by atoms with van der Waals surface area (Å²) in [6, 6.07) is 0. The molecule has 0 aromatic heterocycles. The van der Waals surface area contributed by atoms with Gasteiger partial charge in [-0.2, -0.15) is 0 Å². The van der Waals surface area contributed by atoms with Crippen molar-refractivity contribution in [2.75, 3.05) is 18.9 Å². The molecular formula is C9H19NO5S. The van der Waals surface area contributed by atoms with Crippen molar-refractivity contribution in [1.82, 2.24) is 4.72 Å². The molecule has 0 saturated heterocycles. The molecule has 0 aromatic carbocycles. The number of aliphatic hydroxyl groups is 1. The van der Waals surface area contributed by atoms with Gasteiger partial charge in [-0.25, -0.2) is 13.1 Å². The minimum Gasteiger partial charge on any atom is -0.465 e. The van der Waals surface area contributed by atoms with Gasteiger partial charge in [-0.3, -0.25) is 4.79 Å². The fourth-order valence-electron chi connectivity index (χ4n) is 1.03. The Balaban J connectivity index is 3.83. The van der Waals surface area contributed by atoms with Gasteiger partial charge < -0.3 is 9.84 Å². The Bertz CT molecular complexity index is 299. The van der Waals surface area contributed by atoms with E-state index < -0.39 is 27.8 Å². The van der Waals surface area contributed by atoms with Crippen molar-refractivity contribution in [3.05, 3.63) is 0 Å². The number of nitrogens with one attached hydrogen (secondary N) is 1. The molecule has 0 heterocycles. The van der Waals surface area contributed by atoms with Crippen LogP contribution in [-0.4, -0.2) is 44.5 Å². The van der Waals surface area contributed by atoms with Crippen molar-refractivity contribution in [3.63, 3.8) is 0 Å². The number of rotatable bonds is 8. The summed E-state index contributed by atoms with van der Waals surface area (Å²) >= 11 is 0. The summed E-state index contributed by atoms with van der Waals surface area (Å²) in [7, 11) is -3.61. The van der Waals surface area contributed by atoms with E-state index in [1.54, 1.807) is 13.8 Å². The van der Waals surface area contributed by atoms with Crippen LogP contribution in [0.1, 0.15) is 26.7 Å². The molecule has 0 spiro atoms. The van der Waals surface area contributed by atoms with E-state index in [0.29, 0.717) is 12.8 Å². The molecule has 0 aliphatic rings. The second kappa shape index (κ2) is 7.59. The molecule has 16 heavy (non-hydrogen) atoms. The molecule has 0 aromatic rings. The number of ether oxygens (including phenoxy) is 1. The summed E-state index contributed by atoms with van der Waals surface area (Å²) in [5.74, 6) is -1.42. The number of hydrogen-bond donors (Lipinski definition) is 2. The van der Waals surface area contributed by atoms with E-state index in [1.807, 2.05) is 0 Å². The first-order valence-electron chi connectivity index (χ1n) is 5.18. The molecule has 1 atom stereocenters. The minimum absolute atomic E-state index is 0.163. The van der Waals surface area contributed by atoms with Crippen molar-refractivity contribution in [1.29, 1.82) is 0 Å². The highest BCUT2D eigenvalue weighted by Crippen LogP contribution is 1.95. The van der Waals surface area contributed by atoms with Crippen LogP contribution in [0.2, 0.25) is 0 Å². The zero-order valence-electron chi connectivity index (χ0n) is 9.60. The predicted octanol–water partition coefficient (Wildman–Crippen LogP) is -0.370. The third-order valence-corrected chi connectivity index (χ3v) is 2.99. The van der Waals surface area contributed by atoms with Crippen LogP contribution in [0, 0.1) is 0 Å². The SMILES string of the molecule is CCOC(=O)CS(=O)(=O)NCCCC(C)O. The van der Waals surface area contributed by atoms with Gasteiger partial charge in [0.25, 0.3) is 0 Å². The van der Waals surface area contributed by atoms with Gasteiger partial charge in [0.15, 0.2) is 5.75 Å². The maximum Gasteiger partial charge on any atom is 0.322 e. The second-order valence-corrected chi connectivity index (χ2v) is 5.26. The van der Waals surface area contributed by atoms with Crippen molar-refractivity contribution in [2.45, 2.75) is 32.8 Å². The van der Waals surface area contributed by atoms with Gasteiger partial charge in [0.1, 0.15) is 0 Å². The van der Waals surface area contributed by atoms with Gasteiger partial charge in [-0.15, -0.1) is 0 Å². The molecule has 7 heteroatoms. The molecule has 0 amide bonds. The van der Waals surface area contributed by atoms with E-state index in [0.717, 1.165) is 0 Å². The molecule has 6 nitrogen and oxygen atoms in total. The van der Waals surface area contributed by atoms with Crippen LogP contribution in [0.3, 0.4) is 0 Å². The highest BCUT2D eigenvalue weighted by molar-refractivity contribution is 7.90. The predicted molar refractivity (Wildman–Crippen MR) is 59.3 cm³/mol. The summed E-state index contributed by atoms with van der Waals surface area (Å²) in [5.41, 5.74) is 0. The van der Waals surface area contributed by atoms with Gasteiger partial charge >= 0.3 is 5.97 Å². The summed E-state index contributed by atoms with van der Waals surface area (Å²) in [4.78, 5) is 10.9. The molecule has 96 valence electrons. The van der Waals surface area contributed by atoms with E-state index in [9.17, 15) is 13.2 Å². The molecule has 1 unspecified atom stereocenters. The average Bonchev–Trinajstić information content (AvgIpc) is 2.11. The van der Waals surface area contributed by atoms with Gasteiger partial charge in [0.2, 0.25) is 10.0 Å². The Morgan fingerprint density at radius 1 is 1.50 bits per heavy atom. The monoisotopic (exact) mass is 253 g/mol. The molecule has 0 aliphatic carbocycles. The number of sulfonamides is 1. The lowest BCUT2D eigenvalue weighted by molar-refractivity contribution is -0.139. The molecule has 0 rings (SSSR count). The molecule has 0 bridgehead atoms. The second-order valence-electron chi connectivity index (χ2n) is 3.45. The summed E-state index contributed by atoms with van der Waals surface area (Å²) in [5, 5.41) is 8.95. The molecule has 0 aliphatic heterocycles.